The summed E-state index contributed by atoms with van der Waals surface area (Å²) in [6.07, 6.45) is -0.255. The lowest BCUT2D eigenvalue weighted by Crippen LogP contribution is -2.40. The number of nitro groups is 1. The third-order valence-corrected chi connectivity index (χ3v) is 4.14. The highest BCUT2D eigenvalue weighted by Crippen LogP contribution is 2.32. The van der Waals surface area contributed by atoms with Gasteiger partial charge in [0, 0.05) is 19.2 Å². The number of fused-ring (bicyclic) bond motifs is 1. The largest absolute Gasteiger partial charge is 0.486 e. The van der Waals surface area contributed by atoms with Crippen LogP contribution in [0.2, 0.25) is 0 Å². The van der Waals surface area contributed by atoms with E-state index in [1.807, 2.05) is 24.3 Å². The van der Waals surface area contributed by atoms with Gasteiger partial charge in [0.2, 0.25) is 0 Å². The third-order valence-electron chi connectivity index (χ3n) is 4.14. The highest BCUT2D eigenvalue weighted by Gasteiger charge is 2.25. The molecule has 0 saturated heterocycles. The van der Waals surface area contributed by atoms with Gasteiger partial charge in [-0.05, 0) is 25.1 Å². The SMILES string of the molecule is CCOC(=O)c1cc([N+](=O)[O-])ccc1N(C)C[C@H]1COc2ccccc2O1. The zero-order chi connectivity index (χ0) is 19.4. The van der Waals surface area contributed by atoms with Crippen LogP contribution in [0.3, 0.4) is 0 Å². The molecular formula is C19H20N2O6. The first-order chi connectivity index (χ1) is 13.0. The number of nitro benzene ring substituents is 1. The predicted octanol–water partition coefficient (Wildman–Crippen LogP) is 3.05. The fraction of sp³-hybridized carbons (Fsp3) is 0.316. The van der Waals surface area contributed by atoms with Crippen molar-refractivity contribution in [2.75, 3.05) is 31.7 Å². The number of rotatable bonds is 6. The summed E-state index contributed by atoms with van der Waals surface area (Å²) in [6, 6.07) is 11.5. The van der Waals surface area contributed by atoms with Gasteiger partial charge in [-0.25, -0.2) is 4.79 Å². The van der Waals surface area contributed by atoms with Crippen molar-refractivity contribution >= 4 is 17.3 Å². The minimum absolute atomic E-state index is 0.144. The average Bonchev–Trinajstić information content (AvgIpc) is 2.67. The fourth-order valence-corrected chi connectivity index (χ4v) is 2.90. The second-order valence-corrected chi connectivity index (χ2v) is 6.06. The smallest absolute Gasteiger partial charge is 0.340 e. The topological polar surface area (TPSA) is 91.1 Å². The molecule has 0 fully saturated rings. The maximum Gasteiger partial charge on any atom is 0.340 e. The van der Waals surface area contributed by atoms with E-state index in [1.54, 1.807) is 24.9 Å². The number of benzene rings is 2. The highest BCUT2D eigenvalue weighted by molar-refractivity contribution is 5.96. The molecule has 8 heteroatoms. The first-order valence-electron chi connectivity index (χ1n) is 8.54. The number of anilines is 1. The second-order valence-electron chi connectivity index (χ2n) is 6.06. The first kappa shape index (κ1) is 18.5. The van der Waals surface area contributed by atoms with Crippen molar-refractivity contribution in [3.05, 3.63) is 58.1 Å². The summed E-state index contributed by atoms with van der Waals surface area (Å²) >= 11 is 0. The van der Waals surface area contributed by atoms with Crippen molar-refractivity contribution in [3.8, 4) is 11.5 Å². The number of likely N-dealkylation sites (N-methyl/N-ethyl adjacent to an activating group) is 1. The van der Waals surface area contributed by atoms with E-state index in [0.29, 0.717) is 30.3 Å². The Hall–Kier alpha value is -3.29. The van der Waals surface area contributed by atoms with Crippen LogP contribution in [0.4, 0.5) is 11.4 Å². The number of hydrogen-bond donors (Lipinski definition) is 0. The summed E-state index contributed by atoms with van der Waals surface area (Å²) in [5.41, 5.74) is 0.508. The van der Waals surface area contributed by atoms with Gasteiger partial charge in [-0.15, -0.1) is 0 Å². The highest BCUT2D eigenvalue weighted by atomic mass is 16.6. The lowest BCUT2D eigenvalue weighted by Gasteiger charge is -2.31. The van der Waals surface area contributed by atoms with E-state index in [4.69, 9.17) is 14.2 Å². The Morgan fingerprint density at radius 3 is 2.74 bits per heavy atom. The van der Waals surface area contributed by atoms with E-state index < -0.39 is 10.9 Å². The lowest BCUT2D eigenvalue weighted by molar-refractivity contribution is -0.384. The molecule has 0 unspecified atom stereocenters. The predicted molar refractivity (Wildman–Crippen MR) is 98.7 cm³/mol. The summed E-state index contributed by atoms with van der Waals surface area (Å²) in [6.45, 7) is 2.66. The molecule has 8 nitrogen and oxygen atoms in total. The molecule has 142 valence electrons. The summed E-state index contributed by atoms with van der Waals surface area (Å²) in [4.78, 5) is 24.6. The number of non-ortho nitro benzene ring substituents is 1. The van der Waals surface area contributed by atoms with Gasteiger partial charge in [0.15, 0.2) is 17.6 Å². The second kappa shape index (κ2) is 7.94. The molecule has 0 spiro atoms. The Labute approximate surface area is 156 Å². The number of carbonyl (C=O) groups excluding carboxylic acids is 1. The van der Waals surface area contributed by atoms with E-state index in [9.17, 15) is 14.9 Å². The molecule has 27 heavy (non-hydrogen) atoms. The Kier molecular flexibility index (Phi) is 5.44. The van der Waals surface area contributed by atoms with E-state index in [1.165, 1.54) is 12.1 Å². The maximum absolute atomic E-state index is 12.3. The minimum atomic E-state index is -0.603. The molecule has 0 saturated carbocycles. The molecular weight excluding hydrogens is 352 g/mol. The van der Waals surface area contributed by atoms with Gasteiger partial charge < -0.3 is 19.1 Å². The zero-order valence-electron chi connectivity index (χ0n) is 15.1. The van der Waals surface area contributed by atoms with Gasteiger partial charge in [-0.3, -0.25) is 10.1 Å². The normalized spacial score (nSPS) is 15.1. The number of esters is 1. The molecule has 1 aliphatic heterocycles. The summed E-state index contributed by atoms with van der Waals surface area (Å²) in [5.74, 6) is 0.754. The maximum atomic E-state index is 12.3. The van der Waals surface area contributed by atoms with Crippen LogP contribution in [-0.2, 0) is 4.74 Å². The number of para-hydroxylation sites is 2. The van der Waals surface area contributed by atoms with E-state index >= 15 is 0 Å². The fourth-order valence-electron chi connectivity index (χ4n) is 2.90. The summed E-state index contributed by atoms with van der Waals surface area (Å²) in [5, 5.41) is 11.1. The van der Waals surface area contributed by atoms with Gasteiger partial charge in [-0.2, -0.15) is 0 Å². The molecule has 0 aliphatic carbocycles. The van der Waals surface area contributed by atoms with Crippen molar-refractivity contribution in [1.82, 2.24) is 0 Å². The van der Waals surface area contributed by atoms with Crippen LogP contribution in [0.25, 0.3) is 0 Å². The molecule has 0 radical (unpaired) electrons. The quantitative estimate of drug-likeness (QED) is 0.437. The molecule has 1 heterocycles. The van der Waals surface area contributed by atoms with Gasteiger partial charge in [0.25, 0.3) is 5.69 Å². The van der Waals surface area contributed by atoms with Crippen LogP contribution in [0, 0.1) is 10.1 Å². The molecule has 0 amide bonds. The van der Waals surface area contributed by atoms with Gasteiger partial charge in [0.1, 0.15) is 6.61 Å². The molecule has 0 N–H and O–H groups in total. The standard InChI is InChI=1S/C19H20N2O6/c1-3-25-19(22)15-10-13(21(23)24)8-9-16(15)20(2)11-14-12-26-17-6-4-5-7-18(17)27-14/h4-10,14H,3,11-12H2,1-2H3/t14-/m0/s1. The lowest BCUT2D eigenvalue weighted by atomic mass is 10.1. The Balaban J connectivity index is 1.80. The van der Waals surface area contributed by atoms with Crippen LogP contribution in [0.1, 0.15) is 17.3 Å². The molecule has 0 bridgehead atoms. The third kappa shape index (κ3) is 4.11. The van der Waals surface area contributed by atoms with Crippen LogP contribution < -0.4 is 14.4 Å². The van der Waals surface area contributed by atoms with Crippen LogP contribution in [0.15, 0.2) is 42.5 Å². The van der Waals surface area contributed by atoms with Gasteiger partial charge in [0.05, 0.1) is 29.3 Å². The molecule has 3 rings (SSSR count). The molecule has 1 atom stereocenters. The molecule has 2 aromatic carbocycles. The van der Waals surface area contributed by atoms with Gasteiger partial charge in [-0.1, -0.05) is 12.1 Å². The van der Waals surface area contributed by atoms with Crippen LogP contribution in [-0.4, -0.2) is 43.8 Å². The Morgan fingerprint density at radius 2 is 2.04 bits per heavy atom. The van der Waals surface area contributed by atoms with Crippen molar-refractivity contribution in [1.29, 1.82) is 0 Å². The van der Waals surface area contributed by atoms with E-state index in [-0.39, 0.29) is 24.0 Å². The van der Waals surface area contributed by atoms with E-state index in [2.05, 4.69) is 0 Å². The minimum Gasteiger partial charge on any atom is -0.486 e. The Morgan fingerprint density at radius 1 is 1.30 bits per heavy atom. The number of hydrogen-bond acceptors (Lipinski definition) is 7. The monoisotopic (exact) mass is 372 g/mol. The Bertz CT molecular complexity index is 854. The van der Waals surface area contributed by atoms with Crippen molar-refractivity contribution in [2.24, 2.45) is 0 Å². The molecule has 2 aromatic rings. The summed E-state index contributed by atoms with van der Waals surface area (Å²) in [7, 11) is 1.79. The van der Waals surface area contributed by atoms with Crippen molar-refractivity contribution in [3.63, 3.8) is 0 Å². The van der Waals surface area contributed by atoms with Crippen LogP contribution in [0.5, 0.6) is 11.5 Å². The number of nitrogens with zero attached hydrogens (tertiary/aromatic N) is 2. The van der Waals surface area contributed by atoms with E-state index in [0.717, 1.165) is 0 Å². The molecule has 0 aromatic heterocycles. The average molecular weight is 372 g/mol. The number of carbonyl (C=O) groups is 1. The van der Waals surface area contributed by atoms with Crippen LogP contribution >= 0.6 is 0 Å². The van der Waals surface area contributed by atoms with Crippen molar-refractivity contribution < 1.29 is 23.9 Å². The molecule has 1 aliphatic rings. The van der Waals surface area contributed by atoms with Crippen molar-refractivity contribution in [2.45, 2.75) is 13.0 Å². The number of ether oxygens (including phenoxy) is 3. The van der Waals surface area contributed by atoms with Gasteiger partial charge >= 0.3 is 5.97 Å². The first-order valence-corrected chi connectivity index (χ1v) is 8.54. The zero-order valence-corrected chi connectivity index (χ0v) is 15.1. The summed E-state index contributed by atoms with van der Waals surface area (Å²) < 4.78 is 16.7.